The molecule has 0 aliphatic carbocycles. The second kappa shape index (κ2) is 12.0. The van der Waals surface area contributed by atoms with Crippen LogP contribution in [0.2, 0.25) is 0 Å². The molecular formula is C25H34N4O7. The monoisotopic (exact) mass is 502 g/mol. The zero-order valence-corrected chi connectivity index (χ0v) is 21.6. The highest BCUT2D eigenvalue weighted by Crippen LogP contribution is 2.27. The van der Waals surface area contributed by atoms with Crippen LogP contribution in [0.3, 0.4) is 0 Å². The lowest BCUT2D eigenvalue weighted by atomic mass is 10.0. The summed E-state index contributed by atoms with van der Waals surface area (Å²) in [6.45, 7) is 6.36. The Morgan fingerprint density at radius 1 is 1.19 bits per heavy atom. The normalized spacial score (nSPS) is 21.2. The molecule has 1 N–H and O–H groups in total. The number of hydrogen-bond acceptors (Lipinski definition) is 8. The molecule has 0 radical (unpaired) electrons. The van der Waals surface area contributed by atoms with Gasteiger partial charge in [0.2, 0.25) is 5.91 Å². The Morgan fingerprint density at radius 3 is 2.58 bits per heavy atom. The molecule has 3 atom stereocenters. The van der Waals surface area contributed by atoms with Gasteiger partial charge in [-0.3, -0.25) is 14.4 Å². The fourth-order valence-corrected chi connectivity index (χ4v) is 4.07. The number of carbonyl (C=O) groups excluding carboxylic acids is 3. The molecule has 11 heteroatoms. The van der Waals surface area contributed by atoms with Gasteiger partial charge >= 0.3 is 0 Å². The van der Waals surface area contributed by atoms with Crippen molar-refractivity contribution in [2.75, 3.05) is 52.9 Å². The maximum Gasteiger partial charge on any atom is 0.277 e. The molecule has 0 fully saturated rings. The topological polar surface area (TPSA) is 123 Å². The zero-order chi connectivity index (χ0) is 26.4. The highest BCUT2D eigenvalue weighted by molar-refractivity contribution is 6.03. The van der Waals surface area contributed by atoms with Crippen molar-refractivity contribution in [3.05, 3.63) is 41.3 Å². The molecule has 3 amide bonds. The summed E-state index contributed by atoms with van der Waals surface area (Å²) in [6.07, 6.45) is -0.294. The van der Waals surface area contributed by atoms with Gasteiger partial charge in [0, 0.05) is 58.1 Å². The average Bonchev–Trinajstić information content (AvgIpc) is 3.29. The number of nitrogens with zero attached hydrogens (tertiary/aromatic N) is 3. The minimum Gasteiger partial charge on any atom is -0.491 e. The maximum atomic E-state index is 13.3. The van der Waals surface area contributed by atoms with Gasteiger partial charge in [0.05, 0.1) is 17.7 Å². The van der Waals surface area contributed by atoms with E-state index in [2.05, 4.69) is 10.5 Å². The molecular weight excluding hydrogens is 468 g/mol. The van der Waals surface area contributed by atoms with Crippen molar-refractivity contribution >= 4 is 23.4 Å². The van der Waals surface area contributed by atoms with E-state index in [4.69, 9.17) is 18.7 Å². The van der Waals surface area contributed by atoms with E-state index in [0.29, 0.717) is 30.1 Å². The Morgan fingerprint density at radius 2 is 1.94 bits per heavy atom. The molecule has 0 bridgehead atoms. The minimum absolute atomic E-state index is 0.0508. The Hall–Kier alpha value is -3.44. The number of likely N-dealkylation sites (N-methyl/N-ethyl adjacent to an activating group) is 1. The van der Waals surface area contributed by atoms with Crippen LogP contribution in [0, 0.1) is 12.8 Å². The summed E-state index contributed by atoms with van der Waals surface area (Å²) in [5, 5.41) is 6.47. The Kier molecular flexibility index (Phi) is 9.05. The molecule has 2 aromatic rings. The lowest BCUT2D eigenvalue weighted by Crippen LogP contribution is -2.49. The van der Waals surface area contributed by atoms with Crippen molar-refractivity contribution < 1.29 is 33.1 Å². The zero-order valence-electron chi connectivity index (χ0n) is 21.6. The molecule has 1 aromatic heterocycles. The Balaban J connectivity index is 1.93. The number of aryl methyl sites for hydroxylation is 1. The largest absolute Gasteiger partial charge is 0.491 e. The fraction of sp³-hybridized carbons (Fsp3) is 0.520. The number of aromatic nitrogens is 1. The molecule has 1 aromatic carbocycles. The van der Waals surface area contributed by atoms with E-state index in [1.54, 1.807) is 49.1 Å². The van der Waals surface area contributed by atoms with Crippen LogP contribution in [0.5, 0.6) is 5.75 Å². The van der Waals surface area contributed by atoms with Crippen molar-refractivity contribution in [3.8, 4) is 5.75 Å². The van der Waals surface area contributed by atoms with E-state index >= 15 is 0 Å². The van der Waals surface area contributed by atoms with Crippen LogP contribution in [0.25, 0.3) is 0 Å². The fourth-order valence-electron chi connectivity index (χ4n) is 4.07. The van der Waals surface area contributed by atoms with Crippen LogP contribution < -0.4 is 10.1 Å². The second-order valence-corrected chi connectivity index (χ2v) is 9.06. The van der Waals surface area contributed by atoms with E-state index in [0.717, 1.165) is 0 Å². The van der Waals surface area contributed by atoms with Crippen LogP contribution in [-0.4, -0.2) is 92.4 Å². The number of fused-ring (bicyclic) bond motifs is 1. The van der Waals surface area contributed by atoms with Crippen molar-refractivity contribution in [1.82, 2.24) is 15.0 Å². The first-order chi connectivity index (χ1) is 17.1. The van der Waals surface area contributed by atoms with E-state index in [1.165, 1.54) is 13.2 Å². The minimum atomic E-state index is -0.454. The van der Waals surface area contributed by atoms with E-state index in [9.17, 15) is 14.4 Å². The molecule has 2 heterocycles. The number of amides is 3. The van der Waals surface area contributed by atoms with Crippen LogP contribution in [0.4, 0.5) is 5.69 Å². The molecule has 36 heavy (non-hydrogen) atoms. The lowest BCUT2D eigenvalue weighted by Gasteiger charge is -2.36. The summed E-state index contributed by atoms with van der Waals surface area (Å²) in [5.41, 5.74) is 0.890. The lowest BCUT2D eigenvalue weighted by molar-refractivity contribution is -0.139. The first-order valence-electron chi connectivity index (χ1n) is 11.7. The van der Waals surface area contributed by atoms with Gasteiger partial charge in [-0.05, 0) is 26.0 Å². The Labute approximate surface area is 210 Å². The van der Waals surface area contributed by atoms with Crippen molar-refractivity contribution in [1.29, 1.82) is 0 Å². The number of methoxy groups -OCH3 is 2. The molecule has 0 saturated heterocycles. The Bertz CT molecular complexity index is 1090. The number of nitrogens with one attached hydrogen (secondary N) is 1. The van der Waals surface area contributed by atoms with Crippen LogP contribution >= 0.6 is 0 Å². The van der Waals surface area contributed by atoms with Crippen molar-refractivity contribution in [3.63, 3.8) is 0 Å². The van der Waals surface area contributed by atoms with E-state index < -0.39 is 5.91 Å². The van der Waals surface area contributed by atoms with Crippen LogP contribution in [0.1, 0.15) is 40.5 Å². The quantitative estimate of drug-likeness (QED) is 0.660. The maximum absolute atomic E-state index is 13.3. The van der Waals surface area contributed by atoms with Gasteiger partial charge in [-0.25, -0.2) is 0 Å². The number of anilines is 1. The van der Waals surface area contributed by atoms with Gasteiger partial charge in [0.25, 0.3) is 11.8 Å². The van der Waals surface area contributed by atoms with Gasteiger partial charge in [0.1, 0.15) is 24.7 Å². The molecule has 196 valence electrons. The highest BCUT2D eigenvalue weighted by atomic mass is 16.5. The number of ether oxygens (including phenoxy) is 3. The third kappa shape index (κ3) is 6.41. The van der Waals surface area contributed by atoms with Gasteiger partial charge < -0.3 is 33.9 Å². The molecule has 1 aliphatic rings. The molecule has 11 nitrogen and oxygen atoms in total. The summed E-state index contributed by atoms with van der Waals surface area (Å²) in [4.78, 5) is 41.9. The SMILES string of the molecule is COCC(=O)N1C[C@@H](C)[C@@H](OC)CN(C)C(=O)c2ccc(NC(=O)c3cc(C)on3)cc2OC[C@@H]1C. The van der Waals surface area contributed by atoms with Gasteiger partial charge in [0.15, 0.2) is 5.69 Å². The number of carbonyl (C=O) groups is 3. The van der Waals surface area contributed by atoms with Crippen molar-refractivity contribution in [2.45, 2.75) is 32.9 Å². The highest BCUT2D eigenvalue weighted by Gasteiger charge is 2.30. The van der Waals surface area contributed by atoms with Crippen LogP contribution in [0.15, 0.2) is 28.8 Å². The number of rotatable bonds is 5. The van der Waals surface area contributed by atoms with Crippen LogP contribution in [-0.2, 0) is 14.3 Å². The standard InChI is InChI=1S/C25H34N4O7/c1-15-11-29(23(30)14-33-5)16(2)13-35-21-10-18(26-24(31)20-9-17(3)36-27-20)7-8-19(21)25(32)28(4)12-22(15)34-6/h7-10,15-16,22H,11-14H2,1-6H3,(H,26,31)/t15-,16+,22+/m1/s1. The summed E-state index contributed by atoms with van der Waals surface area (Å²) in [5.74, 6) is -0.115. The molecule has 0 unspecified atom stereocenters. The summed E-state index contributed by atoms with van der Waals surface area (Å²) in [7, 11) is 4.76. The third-order valence-electron chi connectivity index (χ3n) is 6.15. The summed E-state index contributed by atoms with van der Waals surface area (Å²) >= 11 is 0. The van der Waals surface area contributed by atoms with Gasteiger partial charge in [-0.2, -0.15) is 0 Å². The van der Waals surface area contributed by atoms with E-state index in [-0.39, 0.29) is 54.5 Å². The summed E-state index contributed by atoms with van der Waals surface area (Å²) < 4.78 is 21.8. The molecule has 3 rings (SSSR count). The number of hydrogen-bond donors (Lipinski definition) is 1. The molecule has 0 saturated carbocycles. The van der Waals surface area contributed by atoms with Crippen molar-refractivity contribution in [2.24, 2.45) is 5.92 Å². The first kappa shape index (κ1) is 27.2. The molecule has 1 aliphatic heterocycles. The first-order valence-corrected chi connectivity index (χ1v) is 11.7. The average molecular weight is 503 g/mol. The van der Waals surface area contributed by atoms with Gasteiger partial charge in [-0.1, -0.05) is 12.1 Å². The van der Waals surface area contributed by atoms with E-state index in [1.807, 2.05) is 13.8 Å². The number of benzene rings is 1. The summed E-state index contributed by atoms with van der Waals surface area (Å²) in [6, 6.07) is 6.02. The smallest absolute Gasteiger partial charge is 0.277 e. The third-order valence-corrected chi connectivity index (χ3v) is 6.15. The predicted molar refractivity (Wildman–Crippen MR) is 131 cm³/mol. The predicted octanol–water partition coefficient (Wildman–Crippen LogP) is 2.21. The van der Waals surface area contributed by atoms with Gasteiger partial charge in [-0.15, -0.1) is 0 Å². The second-order valence-electron chi connectivity index (χ2n) is 9.06. The molecule has 0 spiro atoms.